The Bertz CT molecular complexity index is 177. The summed E-state index contributed by atoms with van der Waals surface area (Å²) >= 11 is 0. The third-order valence-electron chi connectivity index (χ3n) is 2.62. The van der Waals surface area contributed by atoms with Crippen LogP contribution in [0.2, 0.25) is 0 Å². The molecule has 1 aliphatic carbocycles. The smallest absolute Gasteiger partial charge is 0.286 e. The molecular formula is C9H15NO2. The van der Waals surface area contributed by atoms with E-state index in [0.717, 1.165) is 25.7 Å². The summed E-state index contributed by atoms with van der Waals surface area (Å²) in [6, 6.07) is 0. The highest BCUT2D eigenvalue weighted by molar-refractivity contribution is 4.85. The van der Waals surface area contributed by atoms with Gasteiger partial charge in [-0.25, -0.2) is 0 Å². The Kier molecular flexibility index (Phi) is 2.93. The number of rotatable bonds is 2. The van der Waals surface area contributed by atoms with Crippen molar-refractivity contribution in [1.29, 1.82) is 5.26 Å². The first-order valence-electron chi connectivity index (χ1n) is 4.30. The fourth-order valence-corrected chi connectivity index (χ4v) is 1.65. The summed E-state index contributed by atoms with van der Waals surface area (Å²) in [5.74, 6) is 0. The second kappa shape index (κ2) is 3.77. The maximum atomic E-state index is 8.40. The molecule has 3 heteroatoms. The minimum absolute atomic E-state index is 0.232. The van der Waals surface area contributed by atoms with Gasteiger partial charge in [-0.1, -0.05) is 0 Å². The molecule has 0 bridgehead atoms. The average Bonchev–Trinajstić information content (AvgIpc) is 2.06. The Hall–Kier alpha value is -0.750. The molecule has 0 N–H and O–H groups in total. The van der Waals surface area contributed by atoms with E-state index in [2.05, 4.69) is 0 Å². The van der Waals surface area contributed by atoms with E-state index in [9.17, 15) is 0 Å². The lowest BCUT2D eigenvalue weighted by Crippen LogP contribution is -2.34. The van der Waals surface area contributed by atoms with Crippen LogP contribution >= 0.6 is 0 Å². The summed E-state index contributed by atoms with van der Waals surface area (Å²) < 4.78 is 10.2. The molecule has 0 heterocycles. The fourth-order valence-electron chi connectivity index (χ4n) is 1.65. The second-order valence-electron chi connectivity index (χ2n) is 3.58. The fraction of sp³-hybridized carbons (Fsp3) is 0.889. The number of methoxy groups -OCH3 is 1. The standard InChI is InChI=1S/C9H15NO2/c1-9(12-7-10)5-3-8(11-2)4-6-9/h8H,3-6H2,1-2H3/t8-,9-. The predicted octanol–water partition coefficient (Wildman–Crippen LogP) is 1.83. The third kappa shape index (κ3) is 2.12. The highest BCUT2D eigenvalue weighted by atomic mass is 16.5. The van der Waals surface area contributed by atoms with Gasteiger partial charge in [0.25, 0.3) is 6.26 Å². The molecule has 0 unspecified atom stereocenters. The van der Waals surface area contributed by atoms with Crippen LogP contribution in [0, 0.1) is 11.5 Å². The van der Waals surface area contributed by atoms with Gasteiger partial charge in [-0.05, 0) is 32.6 Å². The van der Waals surface area contributed by atoms with Crippen LogP contribution in [0.1, 0.15) is 32.6 Å². The molecule has 1 aliphatic rings. The number of nitrogens with zero attached hydrogens (tertiary/aromatic N) is 1. The first kappa shape index (κ1) is 9.34. The van der Waals surface area contributed by atoms with E-state index < -0.39 is 0 Å². The van der Waals surface area contributed by atoms with Crippen LogP contribution in [-0.2, 0) is 9.47 Å². The minimum atomic E-state index is -0.232. The van der Waals surface area contributed by atoms with Crippen molar-refractivity contribution in [3.63, 3.8) is 0 Å². The van der Waals surface area contributed by atoms with E-state index in [0.29, 0.717) is 6.10 Å². The Morgan fingerprint density at radius 2 is 2.00 bits per heavy atom. The van der Waals surface area contributed by atoms with Gasteiger partial charge in [0.15, 0.2) is 0 Å². The lowest BCUT2D eigenvalue weighted by atomic mass is 9.84. The molecule has 3 nitrogen and oxygen atoms in total. The van der Waals surface area contributed by atoms with E-state index in [1.807, 2.05) is 6.92 Å². The van der Waals surface area contributed by atoms with Crippen molar-refractivity contribution in [1.82, 2.24) is 0 Å². The Balaban J connectivity index is 2.39. The predicted molar refractivity (Wildman–Crippen MR) is 44.4 cm³/mol. The van der Waals surface area contributed by atoms with Crippen molar-refractivity contribution in [2.24, 2.45) is 0 Å². The van der Waals surface area contributed by atoms with Crippen molar-refractivity contribution in [2.75, 3.05) is 7.11 Å². The summed E-state index contributed by atoms with van der Waals surface area (Å²) in [6.45, 7) is 1.99. The van der Waals surface area contributed by atoms with Crippen LogP contribution in [0.4, 0.5) is 0 Å². The Labute approximate surface area is 73.3 Å². The molecule has 68 valence electrons. The van der Waals surface area contributed by atoms with Gasteiger partial charge in [0.1, 0.15) is 5.60 Å². The zero-order valence-corrected chi connectivity index (χ0v) is 7.67. The van der Waals surface area contributed by atoms with Crippen molar-refractivity contribution in [3.8, 4) is 6.26 Å². The lowest BCUT2D eigenvalue weighted by Gasteiger charge is -2.33. The molecule has 0 aromatic rings. The third-order valence-corrected chi connectivity index (χ3v) is 2.62. The molecule has 0 aromatic carbocycles. The van der Waals surface area contributed by atoms with Gasteiger partial charge in [0.2, 0.25) is 0 Å². The maximum absolute atomic E-state index is 8.40. The van der Waals surface area contributed by atoms with Crippen molar-refractivity contribution < 1.29 is 9.47 Å². The normalized spacial score (nSPS) is 35.6. The minimum Gasteiger partial charge on any atom is -0.421 e. The molecule has 0 aliphatic heterocycles. The quantitative estimate of drug-likeness (QED) is 0.592. The van der Waals surface area contributed by atoms with E-state index in [1.165, 1.54) is 0 Å². The second-order valence-corrected chi connectivity index (χ2v) is 3.58. The summed E-state index contributed by atoms with van der Waals surface area (Å²) in [5, 5.41) is 8.40. The van der Waals surface area contributed by atoms with Gasteiger partial charge in [0.05, 0.1) is 6.10 Å². The molecule has 0 saturated heterocycles. The zero-order valence-electron chi connectivity index (χ0n) is 7.67. The van der Waals surface area contributed by atoms with E-state index in [1.54, 1.807) is 13.4 Å². The monoisotopic (exact) mass is 169 g/mol. The number of nitriles is 1. The molecule has 0 spiro atoms. The average molecular weight is 169 g/mol. The Morgan fingerprint density at radius 1 is 1.42 bits per heavy atom. The molecule has 0 amide bonds. The first-order chi connectivity index (χ1) is 5.70. The van der Waals surface area contributed by atoms with Crippen molar-refractivity contribution in [2.45, 2.75) is 44.3 Å². The van der Waals surface area contributed by atoms with E-state index >= 15 is 0 Å². The van der Waals surface area contributed by atoms with E-state index in [-0.39, 0.29) is 5.60 Å². The van der Waals surface area contributed by atoms with Gasteiger partial charge < -0.3 is 9.47 Å². The lowest BCUT2D eigenvalue weighted by molar-refractivity contribution is -0.0328. The highest BCUT2D eigenvalue weighted by Gasteiger charge is 2.32. The zero-order chi connectivity index (χ0) is 9.03. The summed E-state index contributed by atoms with van der Waals surface area (Å²) in [7, 11) is 1.73. The van der Waals surface area contributed by atoms with Crippen molar-refractivity contribution in [3.05, 3.63) is 0 Å². The van der Waals surface area contributed by atoms with Crippen LogP contribution in [0.3, 0.4) is 0 Å². The molecule has 12 heavy (non-hydrogen) atoms. The van der Waals surface area contributed by atoms with Crippen molar-refractivity contribution >= 4 is 0 Å². The largest absolute Gasteiger partial charge is 0.421 e. The molecule has 1 rings (SSSR count). The SMILES string of the molecule is CO[C@H]1CC[C@](C)(OC#N)CC1. The van der Waals surface area contributed by atoms with E-state index in [4.69, 9.17) is 14.7 Å². The number of hydrogen-bond acceptors (Lipinski definition) is 3. The van der Waals surface area contributed by atoms with Crippen LogP contribution in [0.15, 0.2) is 0 Å². The molecular weight excluding hydrogens is 154 g/mol. The van der Waals surface area contributed by atoms with Gasteiger partial charge in [-0.15, -0.1) is 0 Å². The van der Waals surface area contributed by atoms with Crippen LogP contribution in [0.25, 0.3) is 0 Å². The molecule has 0 atom stereocenters. The van der Waals surface area contributed by atoms with Gasteiger partial charge in [-0.3, -0.25) is 0 Å². The van der Waals surface area contributed by atoms with Gasteiger partial charge in [0, 0.05) is 7.11 Å². The topological polar surface area (TPSA) is 42.2 Å². The van der Waals surface area contributed by atoms with Crippen LogP contribution in [-0.4, -0.2) is 18.8 Å². The van der Waals surface area contributed by atoms with Crippen LogP contribution in [0.5, 0.6) is 0 Å². The first-order valence-corrected chi connectivity index (χ1v) is 4.30. The number of hydrogen-bond donors (Lipinski definition) is 0. The Morgan fingerprint density at radius 3 is 2.42 bits per heavy atom. The molecule has 1 saturated carbocycles. The summed E-state index contributed by atoms with van der Waals surface area (Å²) in [5.41, 5.74) is -0.232. The molecule has 0 aromatic heterocycles. The summed E-state index contributed by atoms with van der Waals surface area (Å²) in [6.07, 6.45) is 5.95. The molecule has 1 fully saturated rings. The number of ether oxygens (including phenoxy) is 2. The maximum Gasteiger partial charge on any atom is 0.286 e. The summed E-state index contributed by atoms with van der Waals surface area (Å²) in [4.78, 5) is 0. The highest BCUT2D eigenvalue weighted by Crippen LogP contribution is 2.31. The van der Waals surface area contributed by atoms with Gasteiger partial charge >= 0.3 is 0 Å². The van der Waals surface area contributed by atoms with Crippen LogP contribution < -0.4 is 0 Å². The molecule has 0 radical (unpaired) electrons. The van der Waals surface area contributed by atoms with Gasteiger partial charge in [-0.2, -0.15) is 5.26 Å².